The van der Waals surface area contributed by atoms with Gasteiger partial charge in [-0.3, -0.25) is 4.57 Å². The van der Waals surface area contributed by atoms with Crippen LogP contribution in [0.4, 0.5) is 0 Å². The second-order valence-corrected chi connectivity index (χ2v) is 8.89. The molecule has 0 spiro atoms. The summed E-state index contributed by atoms with van der Waals surface area (Å²) in [6, 6.07) is 15.3. The van der Waals surface area contributed by atoms with E-state index in [2.05, 4.69) is 19.7 Å². The monoisotopic (exact) mass is 472 g/mol. The van der Waals surface area contributed by atoms with Crippen LogP contribution in [0.25, 0.3) is 11.5 Å². The van der Waals surface area contributed by atoms with Crippen LogP contribution in [0, 0.1) is 0 Å². The van der Waals surface area contributed by atoms with Crippen molar-refractivity contribution in [2.75, 3.05) is 0 Å². The van der Waals surface area contributed by atoms with Crippen LogP contribution < -0.4 is 4.74 Å². The Bertz CT molecular complexity index is 1210. The Labute approximate surface area is 193 Å². The van der Waals surface area contributed by atoms with Crippen molar-refractivity contribution in [1.82, 2.24) is 19.7 Å². The van der Waals surface area contributed by atoms with E-state index in [-0.39, 0.29) is 0 Å². The van der Waals surface area contributed by atoms with Gasteiger partial charge in [0, 0.05) is 11.8 Å². The molecule has 1 saturated carbocycles. The molecule has 31 heavy (non-hydrogen) atoms. The van der Waals surface area contributed by atoms with Crippen molar-refractivity contribution in [1.29, 1.82) is 0 Å². The quantitative estimate of drug-likeness (QED) is 0.274. The molecule has 1 fully saturated rings. The summed E-state index contributed by atoms with van der Waals surface area (Å²) in [5.74, 6) is 2.56. The van der Waals surface area contributed by atoms with Crippen molar-refractivity contribution in [3.8, 4) is 17.2 Å². The number of ether oxygens (including phenoxy) is 1. The van der Waals surface area contributed by atoms with Crippen molar-refractivity contribution < 1.29 is 9.15 Å². The molecule has 5 rings (SSSR count). The summed E-state index contributed by atoms with van der Waals surface area (Å²) < 4.78 is 13.7. The van der Waals surface area contributed by atoms with Gasteiger partial charge in [-0.15, -0.1) is 10.2 Å². The Morgan fingerprint density at radius 2 is 1.81 bits per heavy atom. The van der Waals surface area contributed by atoms with Crippen LogP contribution in [-0.4, -0.2) is 19.7 Å². The molecule has 4 aromatic rings. The molecule has 2 heterocycles. The smallest absolute Gasteiger partial charge is 0.227 e. The predicted octanol–water partition coefficient (Wildman–Crippen LogP) is 6.45. The molecule has 2 aromatic heterocycles. The van der Waals surface area contributed by atoms with Gasteiger partial charge in [0.2, 0.25) is 5.89 Å². The first-order valence-electron chi connectivity index (χ1n) is 9.82. The first-order valence-corrected chi connectivity index (χ1v) is 11.6. The third-order valence-corrected chi connectivity index (χ3v) is 6.46. The third-order valence-electron chi connectivity index (χ3n) is 4.85. The third kappa shape index (κ3) is 4.59. The van der Waals surface area contributed by atoms with Crippen LogP contribution in [-0.2, 0) is 12.4 Å². The average molecular weight is 473 g/mol. The van der Waals surface area contributed by atoms with E-state index in [0.717, 1.165) is 35.1 Å². The van der Waals surface area contributed by atoms with Gasteiger partial charge in [-0.1, -0.05) is 59.2 Å². The lowest BCUT2D eigenvalue weighted by atomic mass is 10.2. The lowest BCUT2D eigenvalue weighted by Crippen LogP contribution is -2.07. The number of rotatable bonds is 8. The van der Waals surface area contributed by atoms with Gasteiger partial charge in [0.25, 0.3) is 0 Å². The summed E-state index contributed by atoms with van der Waals surface area (Å²) in [7, 11) is 0. The number of hydrogen-bond acceptors (Lipinski definition) is 6. The molecule has 0 amide bonds. The SMILES string of the molecule is Clc1ccccc1OCc1nnc(SCc2coc(-c3ccccc3Cl)n2)n1C1CC1. The fraction of sp³-hybridized carbons (Fsp3) is 0.227. The number of oxazole rings is 1. The summed E-state index contributed by atoms with van der Waals surface area (Å²) >= 11 is 14.0. The van der Waals surface area contributed by atoms with Gasteiger partial charge < -0.3 is 9.15 Å². The van der Waals surface area contributed by atoms with Gasteiger partial charge in [0.05, 0.1) is 21.3 Å². The number of halogens is 2. The highest BCUT2D eigenvalue weighted by atomic mass is 35.5. The van der Waals surface area contributed by atoms with Crippen LogP contribution in [0.2, 0.25) is 10.0 Å². The number of thioether (sulfide) groups is 1. The number of aromatic nitrogens is 4. The maximum absolute atomic E-state index is 6.24. The Balaban J connectivity index is 1.28. The molecular weight excluding hydrogens is 455 g/mol. The molecule has 0 atom stereocenters. The first kappa shape index (κ1) is 20.4. The fourth-order valence-corrected chi connectivity index (χ4v) is 4.49. The van der Waals surface area contributed by atoms with E-state index in [1.165, 1.54) is 0 Å². The molecule has 0 saturated heterocycles. The van der Waals surface area contributed by atoms with Gasteiger partial charge in [0.1, 0.15) is 18.6 Å². The highest BCUT2D eigenvalue weighted by Crippen LogP contribution is 2.39. The van der Waals surface area contributed by atoms with E-state index in [1.54, 1.807) is 24.1 Å². The van der Waals surface area contributed by atoms with Crippen molar-refractivity contribution in [3.63, 3.8) is 0 Å². The highest BCUT2D eigenvalue weighted by molar-refractivity contribution is 7.98. The molecule has 0 aliphatic heterocycles. The molecule has 158 valence electrons. The van der Waals surface area contributed by atoms with Gasteiger partial charge in [-0.2, -0.15) is 0 Å². The molecule has 1 aliphatic carbocycles. The molecule has 0 radical (unpaired) electrons. The van der Waals surface area contributed by atoms with Crippen LogP contribution in [0.1, 0.15) is 30.4 Å². The first-order chi connectivity index (χ1) is 15.2. The summed E-state index contributed by atoms with van der Waals surface area (Å²) in [4.78, 5) is 4.57. The van der Waals surface area contributed by atoms with Crippen LogP contribution in [0.5, 0.6) is 5.75 Å². The van der Waals surface area contributed by atoms with Gasteiger partial charge in [0.15, 0.2) is 11.0 Å². The summed E-state index contributed by atoms with van der Waals surface area (Å²) in [5, 5.41) is 10.8. The van der Waals surface area contributed by atoms with Crippen molar-refractivity contribution in [3.05, 3.63) is 76.4 Å². The lowest BCUT2D eigenvalue weighted by molar-refractivity contribution is 0.288. The standard InChI is InChI=1S/C22H18Cl2N4O2S/c23-17-6-2-1-5-16(17)21-25-14(11-30-21)13-31-22-27-26-20(28(22)15-9-10-15)12-29-19-8-4-3-7-18(19)24/h1-8,11,15H,9-10,12-13H2. The van der Waals surface area contributed by atoms with Gasteiger partial charge >= 0.3 is 0 Å². The Morgan fingerprint density at radius 1 is 1.03 bits per heavy atom. The van der Waals surface area contributed by atoms with Crippen LogP contribution in [0.3, 0.4) is 0 Å². The second-order valence-electron chi connectivity index (χ2n) is 7.13. The zero-order valence-electron chi connectivity index (χ0n) is 16.4. The summed E-state index contributed by atoms with van der Waals surface area (Å²) in [6.07, 6.45) is 3.89. The Morgan fingerprint density at radius 3 is 2.58 bits per heavy atom. The number of nitrogens with zero attached hydrogens (tertiary/aromatic N) is 4. The zero-order chi connectivity index (χ0) is 21.2. The lowest BCUT2D eigenvalue weighted by Gasteiger charge is -2.10. The molecule has 2 aromatic carbocycles. The minimum absolute atomic E-state index is 0.314. The topological polar surface area (TPSA) is 66.0 Å². The Kier molecular flexibility index (Phi) is 5.89. The Hall–Kier alpha value is -2.48. The fourth-order valence-electron chi connectivity index (χ4n) is 3.18. The van der Waals surface area contributed by atoms with E-state index < -0.39 is 0 Å². The van der Waals surface area contributed by atoms with Gasteiger partial charge in [-0.05, 0) is 37.1 Å². The van der Waals surface area contributed by atoms with Crippen molar-refractivity contribution >= 4 is 35.0 Å². The van der Waals surface area contributed by atoms with E-state index in [0.29, 0.717) is 40.1 Å². The number of para-hydroxylation sites is 1. The molecule has 0 unspecified atom stereocenters. The molecule has 0 bridgehead atoms. The van der Waals surface area contributed by atoms with E-state index in [9.17, 15) is 0 Å². The summed E-state index contributed by atoms with van der Waals surface area (Å²) in [5.41, 5.74) is 1.60. The zero-order valence-corrected chi connectivity index (χ0v) is 18.7. The summed E-state index contributed by atoms with van der Waals surface area (Å²) in [6.45, 7) is 0.314. The molecule has 9 heteroatoms. The van der Waals surface area contributed by atoms with Crippen LogP contribution >= 0.6 is 35.0 Å². The minimum Gasteiger partial charge on any atom is -0.484 e. The molecule has 0 N–H and O–H groups in total. The predicted molar refractivity (Wildman–Crippen MR) is 121 cm³/mol. The van der Waals surface area contributed by atoms with E-state index >= 15 is 0 Å². The normalized spacial score (nSPS) is 13.5. The molecule has 6 nitrogen and oxygen atoms in total. The van der Waals surface area contributed by atoms with Crippen molar-refractivity contribution in [2.45, 2.75) is 36.4 Å². The minimum atomic E-state index is 0.314. The van der Waals surface area contributed by atoms with Gasteiger partial charge in [-0.25, -0.2) is 4.98 Å². The molecular formula is C22H18Cl2N4O2S. The molecule has 1 aliphatic rings. The number of benzene rings is 2. The van der Waals surface area contributed by atoms with Crippen LogP contribution in [0.15, 0.2) is 64.4 Å². The van der Waals surface area contributed by atoms with E-state index in [4.69, 9.17) is 32.4 Å². The maximum Gasteiger partial charge on any atom is 0.227 e. The number of hydrogen-bond donors (Lipinski definition) is 0. The largest absolute Gasteiger partial charge is 0.484 e. The maximum atomic E-state index is 6.24. The highest BCUT2D eigenvalue weighted by Gasteiger charge is 2.30. The average Bonchev–Trinajstić information content (AvgIpc) is 3.36. The van der Waals surface area contributed by atoms with Crippen molar-refractivity contribution in [2.24, 2.45) is 0 Å². The van der Waals surface area contributed by atoms with E-state index in [1.807, 2.05) is 42.5 Å². The second kappa shape index (κ2) is 8.94.